The summed E-state index contributed by atoms with van der Waals surface area (Å²) < 4.78 is 5.24. The minimum Gasteiger partial charge on any atom is -0.497 e. The molecule has 1 fully saturated rings. The summed E-state index contributed by atoms with van der Waals surface area (Å²) in [6.07, 6.45) is 0.993. The number of hydrogen-bond donors (Lipinski definition) is 3. The summed E-state index contributed by atoms with van der Waals surface area (Å²) in [6.45, 7) is 7.48. The summed E-state index contributed by atoms with van der Waals surface area (Å²) in [6, 6.07) is 6.18. The van der Waals surface area contributed by atoms with Gasteiger partial charge in [-0.2, -0.15) is 0 Å². The van der Waals surface area contributed by atoms with Crippen LogP contribution in [0.1, 0.15) is 62.0 Å². The van der Waals surface area contributed by atoms with Crippen molar-refractivity contribution in [2.24, 2.45) is 5.41 Å². The number of carbonyl (C=O) groups is 3. The van der Waals surface area contributed by atoms with Crippen LogP contribution in [0.25, 0.3) is 0 Å². The van der Waals surface area contributed by atoms with Gasteiger partial charge in [0.25, 0.3) is 5.91 Å². The maximum Gasteiger partial charge on any atom is 0.271 e. The number of imidazole rings is 1. The fraction of sp³-hybridized carbons (Fsp3) is 0.520. The van der Waals surface area contributed by atoms with Crippen LogP contribution in [-0.2, 0) is 16.1 Å². The van der Waals surface area contributed by atoms with Crippen molar-refractivity contribution >= 4 is 17.7 Å². The van der Waals surface area contributed by atoms with E-state index in [1.54, 1.807) is 19.1 Å². The number of hydrogen-bond acceptors (Lipinski definition) is 6. The molecule has 3 N–H and O–H groups in total. The highest BCUT2D eigenvalue weighted by Gasteiger charge is 2.43. The molecule has 0 saturated carbocycles. The zero-order valence-corrected chi connectivity index (χ0v) is 21.2. The molecule has 2 heterocycles. The number of nitrogens with zero attached hydrogens (tertiary/aromatic N) is 3. The van der Waals surface area contributed by atoms with Gasteiger partial charge in [-0.15, -0.1) is 0 Å². The second-order valence-electron chi connectivity index (χ2n) is 10.1. The predicted molar refractivity (Wildman–Crippen MR) is 130 cm³/mol. The molecular formula is C25H35N5O5. The largest absolute Gasteiger partial charge is 0.497 e. The molecule has 35 heavy (non-hydrogen) atoms. The van der Waals surface area contributed by atoms with Gasteiger partial charge in [0.05, 0.1) is 25.5 Å². The number of aromatic nitrogens is 2. The van der Waals surface area contributed by atoms with Crippen LogP contribution in [0.3, 0.4) is 0 Å². The summed E-state index contributed by atoms with van der Waals surface area (Å²) in [5.74, 6) is 0.273. The first kappa shape index (κ1) is 26.2. The highest BCUT2D eigenvalue weighted by Crippen LogP contribution is 2.33. The van der Waals surface area contributed by atoms with Crippen LogP contribution in [0.4, 0.5) is 0 Å². The molecule has 10 heteroatoms. The van der Waals surface area contributed by atoms with Gasteiger partial charge >= 0.3 is 0 Å². The molecule has 0 bridgehead atoms. The molecule has 0 radical (unpaired) electrons. The number of ether oxygens (including phenoxy) is 1. The molecule has 1 aliphatic rings. The van der Waals surface area contributed by atoms with Crippen molar-refractivity contribution < 1.29 is 24.2 Å². The number of nitrogens with one attached hydrogen (secondary N) is 2. The number of rotatable bonds is 7. The van der Waals surface area contributed by atoms with Crippen LogP contribution in [0.15, 0.2) is 30.5 Å². The molecule has 3 rings (SSSR count). The van der Waals surface area contributed by atoms with E-state index in [9.17, 15) is 19.5 Å². The van der Waals surface area contributed by atoms with Gasteiger partial charge in [0.1, 0.15) is 23.3 Å². The highest BCUT2D eigenvalue weighted by molar-refractivity contribution is 5.92. The van der Waals surface area contributed by atoms with Crippen molar-refractivity contribution in [2.75, 3.05) is 20.7 Å². The maximum atomic E-state index is 13.4. The molecule has 1 saturated heterocycles. The summed E-state index contributed by atoms with van der Waals surface area (Å²) in [5.41, 5.74) is 0.670. The fourth-order valence-corrected chi connectivity index (χ4v) is 4.27. The summed E-state index contributed by atoms with van der Waals surface area (Å²) in [4.78, 5) is 48.7. The molecule has 0 aliphatic carbocycles. The number of benzene rings is 1. The van der Waals surface area contributed by atoms with Gasteiger partial charge < -0.3 is 29.9 Å². The molecule has 190 valence electrons. The SMILES string of the molecule is COc1cccc(CN(C)C(=O)c2cnc([C@@H]3C[C@@H](O)CN3C(=O)[C@@H](NC(C)=O)C(C)(C)C)[nH]2)c1. The van der Waals surface area contributed by atoms with E-state index in [1.165, 1.54) is 18.0 Å². The van der Waals surface area contributed by atoms with Gasteiger partial charge in [-0.3, -0.25) is 14.4 Å². The molecule has 3 amide bonds. The lowest BCUT2D eigenvalue weighted by Crippen LogP contribution is -2.54. The van der Waals surface area contributed by atoms with Crippen LogP contribution >= 0.6 is 0 Å². The third-order valence-electron chi connectivity index (χ3n) is 6.06. The van der Waals surface area contributed by atoms with Gasteiger partial charge in [0, 0.05) is 33.5 Å². The lowest BCUT2D eigenvalue weighted by molar-refractivity contribution is -0.140. The lowest BCUT2D eigenvalue weighted by atomic mass is 9.85. The lowest BCUT2D eigenvalue weighted by Gasteiger charge is -2.35. The second kappa shape index (κ2) is 10.5. The van der Waals surface area contributed by atoms with Crippen LogP contribution in [-0.4, -0.2) is 75.4 Å². The van der Waals surface area contributed by atoms with Crippen LogP contribution in [0.2, 0.25) is 0 Å². The first-order valence-corrected chi connectivity index (χ1v) is 11.6. The van der Waals surface area contributed by atoms with E-state index in [-0.39, 0.29) is 36.4 Å². The standard InChI is InChI=1S/C25H35N5O5/c1-15(31)27-21(25(2,3)4)24(34)30-14-17(32)11-20(30)22-26-12-19(28-22)23(33)29(5)13-16-8-7-9-18(10-16)35-6/h7-10,12,17,20-21,32H,11,13-14H2,1-6H3,(H,26,28)(H,27,31)/t17-,20+,21-/m1/s1. The van der Waals surface area contributed by atoms with Crippen molar-refractivity contribution in [3.8, 4) is 5.75 Å². The quantitative estimate of drug-likeness (QED) is 0.549. The van der Waals surface area contributed by atoms with Gasteiger partial charge in [0.2, 0.25) is 11.8 Å². The Hall–Kier alpha value is -3.40. The normalized spacial score (nSPS) is 18.8. The molecule has 1 aromatic carbocycles. The van der Waals surface area contributed by atoms with E-state index >= 15 is 0 Å². The maximum absolute atomic E-state index is 13.4. The Labute approximate surface area is 205 Å². The Morgan fingerprint density at radius 1 is 1.34 bits per heavy atom. The molecule has 1 aliphatic heterocycles. The smallest absolute Gasteiger partial charge is 0.271 e. The van der Waals surface area contributed by atoms with Crippen molar-refractivity contribution in [2.45, 2.75) is 58.8 Å². The van der Waals surface area contributed by atoms with Crippen molar-refractivity contribution in [1.29, 1.82) is 0 Å². The van der Waals surface area contributed by atoms with Gasteiger partial charge in [-0.25, -0.2) is 4.98 Å². The third kappa shape index (κ3) is 6.19. The number of likely N-dealkylation sites (tertiary alicyclic amines) is 1. The topological polar surface area (TPSA) is 128 Å². The summed E-state index contributed by atoms with van der Waals surface area (Å²) in [7, 11) is 3.28. The van der Waals surface area contributed by atoms with E-state index in [1.807, 2.05) is 45.0 Å². The molecule has 2 aromatic rings. The van der Waals surface area contributed by atoms with Gasteiger partial charge in [-0.1, -0.05) is 32.9 Å². The molecule has 0 spiro atoms. The van der Waals surface area contributed by atoms with Gasteiger partial charge in [-0.05, 0) is 23.1 Å². The van der Waals surface area contributed by atoms with E-state index in [0.717, 1.165) is 5.56 Å². The summed E-state index contributed by atoms with van der Waals surface area (Å²) in [5, 5.41) is 13.1. The number of H-pyrrole nitrogens is 1. The van der Waals surface area contributed by atoms with E-state index < -0.39 is 23.6 Å². The Balaban J connectivity index is 1.78. The van der Waals surface area contributed by atoms with E-state index in [0.29, 0.717) is 18.1 Å². The minimum absolute atomic E-state index is 0.120. The second-order valence-corrected chi connectivity index (χ2v) is 10.1. The molecule has 0 unspecified atom stereocenters. The average Bonchev–Trinajstić information content (AvgIpc) is 3.42. The Morgan fingerprint density at radius 3 is 2.69 bits per heavy atom. The third-order valence-corrected chi connectivity index (χ3v) is 6.06. The van der Waals surface area contributed by atoms with Crippen molar-refractivity contribution in [3.05, 3.63) is 47.5 Å². The molecule has 1 aromatic heterocycles. The van der Waals surface area contributed by atoms with Crippen molar-refractivity contribution in [3.63, 3.8) is 0 Å². The van der Waals surface area contributed by atoms with Crippen molar-refractivity contribution in [1.82, 2.24) is 25.1 Å². The molecular weight excluding hydrogens is 450 g/mol. The average molecular weight is 486 g/mol. The molecule has 3 atom stereocenters. The van der Waals surface area contributed by atoms with E-state index in [4.69, 9.17) is 4.74 Å². The number of methoxy groups -OCH3 is 1. The number of carbonyl (C=O) groups excluding carboxylic acids is 3. The zero-order valence-electron chi connectivity index (χ0n) is 21.2. The van der Waals surface area contributed by atoms with Crippen LogP contribution < -0.4 is 10.1 Å². The first-order valence-electron chi connectivity index (χ1n) is 11.6. The Bertz CT molecular complexity index is 1080. The zero-order chi connectivity index (χ0) is 25.9. The first-order chi connectivity index (χ1) is 16.4. The number of β-amino-alcohol motifs (C(OH)–C–C–N with tert-alkyl or cyclic N) is 1. The van der Waals surface area contributed by atoms with E-state index in [2.05, 4.69) is 15.3 Å². The van der Waals surface area contributed by atoms with Gasteiger partial charge in [0.15, 0.2) is 0 Å². The predicted octanol–water partition coefficient (Wildman–Crippen LogP) is 1.88. The Morgan fingerprint density at radius 2 is 2.06 bits per heavy atom. The Kier molecular flexibility index (Phi) is 7.84. The summed E-state index contributed by atoms with van der Waals surface area (Å²) >= 11 is 0. The number of aromatic amines is 1. The monoisotopic (exact) mass is 485 g/mol. The minimum atomic E-state index is -0.766. The highest BCUT2D eigenvalue weighted by atomic mass is 16.5. The number of aliphatic hydroxyl groups excluding tert-OH is 1. The number of aliphatic hydroxyl groups is 1. The number of amides is 3. The molecule has 10 nitrogen and oxygen atoms in total. The fourth-order valence-electron chi connectivity index (χ4n) is 4.27. The van der Waals surface area contributed by atoms with Crippen LogP contribution in [0.5, 0.6) is 5.75 Å². The van der Waals surface area contributed by atoms with Crippen LogP contribution in [0, 0.1) is 5.41 Å².